The third-order valence-electron chi connectivity index (χ3n) is 17.4. The summed E-state index contributed by atoms with van der Waals surface area (Å²) in [5, 5.41) is 54.3. The first-order valence-corrected chi connectivity index (χ1v) is 36.0. The number of aliphatic hydroxyl groups is 5. The number of rotatable bonds is 64. The summed E-state index contributed by atoms with van der Waals surface area (Å²) in [4.78, 5) is 25.1. The van der Waals surface area contributed by atoms with Gasteiger partial charge in [-0.25, -0.2) is 0 Å². The fourth-order valence-corrected chi connectivity index (χ4v) is 11.7. The Morgan fingerprint density at radius 1 is 0.439 bits per heavy atom. The van der Waals surface area contributed by atoms with Gasteiger partial charge in [-0.3, -0.25) is 9.59 Å². The second kappa shape index (κ2) is 61.1. The predicted molar refractivity (Wildman–Crippen MR) is 343 cm³/mol. The van der Waals surface area contributed by atoms with Crippen LogP contribution in [0.3, 0.4) is 0 Å². The molecule has 0 saturated carbocycles. The van der Waals surface area contributed by atoms with Crippen molar-refractivity contribution in [1.29, 1.82) is 0 Å². The van der Waals surface area contributed by atoms with E-state index in [0.717, 1.165) is 51.4 Å². The number of carbonyl (C=O) groups is 2. The van der Waals surface area contributed by atoms with Gasteiger partial charge in [0.2, 0.25) is 5.91 Å². The van der Waals surface area contributed by atoms with E-state index in [4.69, 9.17) is 14.2 Å². The van der Waals surface area contributed by atoms with E-state index >= 15 is 0 Å². The summed E-state index contributed by atoms with van der Waals surface area (Å²) in [7, 11) is 0. The molecule has 1 fully saturated rings. The molecule has 0 bridgehead atoms. The number of esters is 1. The smallest absolute Gasteiger partial charge is 0.305 e. The molecule has 1 amide bonds. The van der Waals surface area contributed by atoms with E-state index in [9.17, 15) is 35.1 Å². The number of allylic oxidation sites excluding steroid dienone is 1. The van der Waals surface area contributed by atoms with Crippen LogP contribution in [0, 0.1) is 0 Å². The van der Waals surface area contributed by atoms with Crippen LogP contribution < -0.4 is 5.32 Å². The molecule has 0 aromatic carbocycles. The topological polar surface area (TPSA) is 175 Å². The zero-order chi connectivity index (χ0) is 59.5. The number of ether oxygens (including phenoxy) is 3. The van der Waals surface area contributed by atoms with Crippen molar-refractivity contribution in [2.75, 3.05) is 19.8 Å². The van der Waals surface area contributed by atoms with Crippen molar-refractivity contribution in [1.82, 2.24) is 5.32 Å². The Labute approximate surface area is 506 Å². The number of carbonyl (C=O) groups excluding carboxylic acids is 2. The molecule has 0 aromatic heterocycles. The lowest BCUT2D eigenvalue weighted by molar-refractivity contribution is -0.302. The van der Waals surface area contributed by atoms with Crippen molar-refractivity contribution in [3.8, 4) is 0 Å². The molecule has 11 nitrogen and oxygen atoms in total. The zero-order valence-corrected chi connectivity index (χ0v) is 54.0. The summed E-state index contributed by atoms with van der Waals surface area (Å²) in [5.74, 6) is -0.164. The molecule has 486 valence electrons. The molecule has 1 aliphatic heterocycles. The van der Waals surface area contributed by atoms with E-state index in [1.54, 1.807) is 6.08 Å². The lowest BCUT2D eigenvalue weighted by Crippen LogP contribution is -2.60. The normalized spacial score (nSPS) is 18.2. The average Bonchev–Trinajstić information content (AvgIpc) is 3.47. The number of hydrogen-bond acceptors (Lipinski definition) is 10. The van der Waals surface area contributed by atoms with Crippen molar-refractivity contribution >= 4 is 11.9 Å². The molecule has 0 aromatic rings. The molecule has 7 unspecified atom stereocenters. The van der Waals surface area contributed by atoms with Crippen LogP contribution in [0.1, 0.15) is 367 Å². The van der Waals surface area contributed by atoms with Crippen LogP contribution in [0.4, 0.5) is 0 Å². The standard InChI is InChI=1S/C71H137NO10/c1-3-5-7-9-11-13-14-15-16-29-33-36-39-43-47-51-55-59-67(76)80-60-56-52-48-44-40-37-34-31-28-26-24-22-20-18-17-19-21-23-25-27-30-32-35-38-42-46-50-54-58-66(75)72-63(64(74)57-53-49-45-41-12-10-8-6-4-2)62-81-71-70(79)69(78)68(77)65(61-73)82-71/h53,57,63-65,68-71,73-74,77-79H,3-52,54-56,58-62H2,1-2H3,(H,72,75)/b57-53+. The number of hydrogen-bond donors (Lipinski definition) is 6. The third kappa shape index (κ3) is 49.5. The Morgan fingerprint density at radius 3 is 1.13 bits per heavy atom. The molecule has 1 aliphatic rings. The summed E-state index contributed by atoms with van der Waals surface area (Å²) in [6.07, 6.45) is 65.1. The van der Waals surface area contributed by atoms with Crippen molar-refractivity contribution in [2.24, 2.45) is 0 Å². The van der Waals surface area contributed by atoms with Gasteiger partial charge in [0.05, 0.1) is 32.0 Å². The summed E-state index contributed by atoms with van der Waals surface area (Å²) >= 11 is 0. The molecule has 11 heteroatoms. The lowest BCUT2D eigenvalue weighted by Gasteiger charge is -2.40. The maximum atomic E-state index is 13.0. The Hall–Kier alpha value is -1.60. The Kier molecular flexibility index (Phi) is 58.4. The van der Waals surface area contributed by atoms with E-state index in [-0.39, 0.29) is 18.5 Å². The van der Waals surface area contributed by atoms with E-state index in [0.29, 0.717) is 19.4 Å². The Morgan fingerprint density at radius 2 is 0.768 bits per heavy atom. The minimum absolute atomic E-state index is 0.0145. The predicted octanol–water partition coefficient (Wildman–Crippen LogP) is 18.2. The van der Waals surface area contributed by atoms with Crippen LogP contribution in [0.5, 0.6) is 0 Å². The summed E-state index contributed by atoms with van der Waals surface area (Å²) in [5.41, 5.74) is 0. The minimum atomic E-state index is -1.57. The van der Waals surface area contributed by atoms with Gasteiger partial charge in [-0.2, -0.15) is 0 Å². The van der Waals surface area contributed by atoms with Gasteiger partial charge in [0.25, 0.3) is 0 Å². The highest BCUT2D eigenvalue weighted by Gasteiger charge is 2.44. The first kappa shape index (κ1) is 78.4. The average molecular weight is 1160 g/mol. The van der Waals surface area contributed by atoms with Crippen LogP contribution in [-0.4, -0.2) is 100 Å². The summed E-state index contributed by atoms with van der Waals surface area (Å²) in [6, 6.07) is -0.805. The van der Waals surface area contributed by atoms with Gasteiger partial charge in [0.1, 0.15) is 24.4 Å². The van der Waals surface area contributed by atoms with Crippen molar-refractivity contribution in [2.45, 2.75) is 410 Å². The van der Waals surface area contributed by atoms with Crippen molar-refractivity contribution < 1.29 is 49.3 Å². The monoisotopic (exact) mass is 1160 g/mol. The fourth-order valence-electron chi connectivity index (χ4n) is 11.7. The van der Waals surface area contributed by atoms with Crippen LogP contribution in [0.2, 0.25) is 0 Å². The zero-order valence-electron chi connectivity index (χ0n) is 54.0. The highest BCUT2D eigenvalue weighted by molar-refractivity contribution is 5.76. The first-order chi connectivity index (χ1) is 40.2. The molecule has 6 N–H and O–H groups in total. The molecule has 0 aliphatic carbocycles. The van der Waals surface area contributed by atoms with Crippen molar-refractivity contribution in [3.63, 3.8) is 0 Å². The quantitative estimate of drug-likeness (QED) is 0.0195. The SMILES string of the molecule is CCCCCCCCC/C=C/C(O)C(COC1OC(CO)C(O)C(O)C1O)NC(=O)CCCCCCCCCCCCCCCCCCCCCCCCCCCCCCOC(=O)CCCCCCCCCCCCCCCCCCC. The largest absolute Gasteiger partial charge is 0.466 e. The highest BCUT2D eigenvalue weighted by Crippen LogP contribution is 2.24. The van der Waals surface area contributed by atoms with E-state index in [1.807, 2.05) is 6.08 Å². The third-order valence-corrected chi connectivity index (χ3v) is 17.4. The van der Waals surface area contributed by atoms with E-state index < -0.39 is 49.5 Å². The number of aliphatic hydroxyl groups excluding tert-OH is 5. The summed E-state index contributed by atoms with van der Waals surface area (Å²) in [6.45, 7) is 4.36. The minimum Gasteiger partial charge on any atom is -0.466 e. The molecule has 1 rings (SSSR count). The summed E-state index contributed by atoms with van der Waals surface area (Å²) < 4.78 is 16.7. The van der Waals surface area contributed by atoms with Gasteiger partial charge < -0.3 is 45.1 Å². The van der Waals surface area contributed by atoms with E-state index in [2.05, 4.69) is 19.2 Å². The maximum Gasteiger partial charge on any atom is 0.305 e. The molecular formula is C71H137NO10. The van der Waals surface area contributed by atoms with E-state index in [1.165, 1.54) is 289 Å². The highest BCUT2D eigenvalue weighted by atomic mass is 16.7. The molecule has 82 heavy (non-hydrogen) atoms. The first-order valence-electron chi connectivity index (χ1n) is 36.0. The van der Waals surface area contributed by atoms with Gasteiger partial charge in [-0.15, -0.1) is 0 Å². The molecular weight excluding hydrogens is 1030 g/mol. The van der Waals surface area contributed by atoms with Crippen LogP contribution in [-0.2, 0) is 23.8 Å². The van der Waals surface area contributed by atoms with Crippen LogP contribution >= 0.6 is 0 Å². The second-order valence-electron chi connectivity index (χ2n) is 25.3. The number of nitrogens with one attached hydrogen (secondary N) is 1. The van der Waals surface area contributed by atoms with Crippen LogP contribution in [0.25, 0.3) is 0 Å². The van der Waals surface area contributed by atoms with Gasteiger partial charge in [0.15, 0.2) is 6.29 Å². The fraction of sp³-hybridized carbons (Fsp3) is 0.944. The maximum absolute atomic E-state index is 13.0. The van der Waals surface area contributed by atoms with Gasteiger partial charge >= 0.3 is 5.97 Å². The Bertz CT molecular complexity index is 1370. The van der Waals surface area contributed by atoms with Crippen molar-refractivity contribution in [3.05, 3.63) is 12.2 Å². The molecule has 1 heterocycles. The molecule has 1 saturated heterocycles. The van der Waals surface area contributed by atoms with Crippen LogP contribution in [0.15, 0.2) is 12.2 Å². The lowest BCUT2D eigenvalue weighted by atomic mass is 9.99. The van der Waals surface area contributed by atoms with Gasteiger partial charge in [0, 0.05) is 12.8 Å². The molecule has 0 spiro atoms. The van der Waals surface area contributed by atoms with Gasteiger partial charge in [-0.05, 0) is 32.1 Å². The number of amides is 1. The molecule has 7 atom stereocenters. The number of unbranched alkanes of at least 4 members (excludes halogenated alkanes) is 50. The Balaban J connectivity index is 1.89. The van der Waals surface area contributed by atoms with Gasteiger partial charge in [-0.1, -0.05) is 334 Å². The second-order valence-corrected chi connectivity index (χ2v) is 25.3. The molecule has 0 radical (unpaired) electrons.